The summed E-state index contributed by atoms with van der Waals surface area (Å²) in [6.07, 6.45) is 1.35. The fourth-order valence-corrected chi connectivity index (χ4v) is 2.52. The summed E-state index contributed by atoms with van der Waals surface area (Å²) in [5.74, 6) is -0.376. The van der Waals surface area contributed by atoms with Gasteiger partial charge in [-0.05, 0) is 54.5 Å². The number of ether oxygens (including phenoxy) is 4. The van der Waals surface area contributed by atoms with Gasteiger partial charge in [0.1, 0.15) is 17.4 Å². The number of esters is 2. The molecule has 0 N–H and O–H groups in total. The summed E-state index contributed by atoms with van der Waals surface area (Å²) in [7, 11) is 2.60. The second kappa shape index (κ2) is 10.3. The quantitative estimate of drug-likeness (QED) is 0.268. The van der Waals surface area contributed by atoms with Gasteiger partial charge in [0.15, 0.2) is 18.1 Å². The third kappa shape index (κ3) is 6.09. The van der Waals surface area contributed by atoms with Gasteiger partial charge in [-0.15, -0.1) is 0 Å². The van der Waals surface area contributed by atoms with E-state index in [1.807, 2.05) is 13.0 Å². The molecule has 0 unspecified atom stereocenters. The SMILES string of the molecule is COC(=O)/C(C#N)=C/c1ccc(OC(=O)COc2ccc(Br)c(C)c2)c(OC)c1. The van der Waals surface area contributed by atoms with E-state index < -0.39 is 11.9 Å². The van der Waals surface area contributed by atoms with E-state index in [1.54, 1.807) is 24.3 Å². The highest BCUT2D eigenvalue weighted by Crippen LogP contribution is 2.29. The number of nitrogens with zero attached hydrogens (tertiary/aromatic N) is 1. The number of hydrogen-bond acceptors (Lipinski definition) is 7. The Morgan fingerprint density at radius 2 is 1.90 bits per heavy atom. The maximum atomic E-state index is 12.1. The van der Waals surface area contributed by atoms with E-state index in [1.165, 1.54) is 32.4 Å². The molecule has 8 heteroatoms. The lowest BCUT2D eigenvalue weighted by Crippen LogP contribution is -2.18. The van der Waals surface area contributed by atoms with Gasteiger partial charge in [0.05, 0.1) is 14.2 Å². The topological polar surface area (TPSA) is 94.9 Å². The van der Waals surface area contributed by atoms with Crippen LogP contribution in [-0.4, -0.2) is 32.8 Å². The minimum Gasteiger partial charge on any atom is -0.493 e. The van der Waals surface area contributed by atoms with E-state index >= 15 is 0 Å². The molecule has 0 aliphatic carbocycles. The van der Waals surface area contributed by atoms with Crippen LogP contribution in [0.1, 0.15) is 11.1 Å². The molecule has 0 radical (unpaired) electrons. The lowest BCUT2D eigenvalue weighted by Gasteiger charge is -2.11. The van der Waals surface area contributed by atoms with Gasteiger partial charge in [0.25, 0.3) is 0 Å². The monoisotopic (exact) mass is 459 g/mol. The fraction of sp³-hybridized carbons (Fsp3) is 0.190. The molecule has 0 bridgehead atoms. The second-order valence-corrected chi connectivity index (χ2v) is 6.60. The summed E-state index contributed by atoms with van der Waals surface area (Å²) in [4.78, 5) is 23.6. The Hall–Kier alpha value is -3.31. The van der Waals surface area contributed by atoms with E-state index in [-0.39, 0.29) is 23.7 Å². The Morgan fingerprint density at radius 3 is 2.52 bits per heavy atom. The average Bonchev–Trinajstić information content (AvgIpc) is 2.73. The van der Waals surface area contributed by atoms with E-state index in [0.29, 0.717) is 11.3 Å². The maximum absolute atomic E-state index is 12.1. The summed E-state index contributed by atoms with van der Waals surface area (Å²) in [6, 6.07) is 11.7. The predicted octanol–water partition coefficient (Wildman–Crippen LogP) is 3.83. The van der Waals surface area contributed by atoms with Gasteiger partial charge < -0.3 is 18.9 Å². The van der Waals surface area contributed by atoms with Crippen molar-refractivity contribution >= 4 is 33.9 Å². The first-order valence-electron chi connectivity index (χ1n) is 8.35. The Bertz CT molecular complexity index is 993. The molecule has 0 spiro atoms. The van der Waals surface area contributed by atoms with Crippen molar-refractivity contribution in [1.82, 2.24) is 0 Å². The second-order valence-electron chi connectivity index (χ2n) is 5.75. The molecule has 0 atom stereocenters. The maximum Gasteiger partial charge on any atom is 0.349 e. The van der Waals surface area contributed by atoms with E-state index in [9.17, 15) is 9.59 Å². The van der Waals surface area contributed by atoms with Crippen LogP contribution in [0.4, 0.5) is 0 Å². The van der Waals surface area contributed by atoms with E-state index in [4.69, 9.17) is 19.5 Å². The first-order chi connectivity index (χ1) is 13.9. The lowest BCUT2D eigenvalue weighted by atomic mass is 10.1. The van der Waals surface area contributed by atoms with Crippen LogP contribution >= 0.6 is 15.9 Å². The zero-order chi connectivity index (χ0) is 21.4. The van der Waals surface area contributed by atoms with Gasteiger partial charge >= 0.3 is 11.9 Å². The number of carbonyl (C=O) groups is 2. The predicted molar refractivity (Wildman–Crippen MR) is 109 cm³/mol. The molecule has 7 nitrogen and oxygen atoms in total. The number of nitriles is 1. The molecule has 2 aromatic rings. The van der Waals surface area contributed by atoms with Gasteiger partial charge in [-0.1, -0.05) is 22.0 Å². The number of hydrogen-bond donors (Lipinski definition) is 0. The molecule has 0 amide bonds. The molecule has 0 aliphatic rings. The Kier molecular flexibility index (Phi) is 7.80. The Balaban J connectivity index is 2.09. The van der Waals surface area contributed by atoms with E-state index in [2.05, 4.69) is 20.7 Å². The lowest BCUT2D eigenvalue weighted by molar-refractivity contribution is -0.137. The van der Waals surface area contributed by atoms with Crippen molar-refractivity contribution in [3.8, 4) is 23.3 Å². The zero-order valence-electron chi connectivity index (χ0n) is 16.0. The van der Waals surface area contributed by atoms with Crippen molar-refractivity contribution in [3.05, 3.63) is 57.6 Å². The molecule has 29 heavy (non-hydrogen) atoms. The van der Waals surface area contributed by atoms with Crippen LogP contribution in [0.5, 0.6) is 17.2 Å². The normalized spacial score (nSPS) is 10.7. The molecule has 0 fully saturated rings. The van der Waals surface area contributed by atoms with Crippen LogP contribution in [0.3, 0.4) is 0 Å². The third-order valence-electron chi connectivity index (χ3n) is 3.73. The van der Waals surface area contributed by atoms with Crippen LogP contribution < -0.4 is 14.2 Å². The highest BCUT2D eigenvalue weighted by atomic mass is 79.9. The standard InChI is InChI=1S/C21H18BrNO6/c1-13-8-16(5-6-17(13)22)28-12-20(24)29-18-7-4-14(10-19(18)26-2)9-15(11-23)21(25)27-3/h4-10H,12H2,1-3H3/b15-9+. The molecule has 0 saturated carbocycles. The largest absolute Gasteiger partial charge is 0.493 e. The van der Waals surface area contributed by atoms with Crippen LogP contribution in [0, 0.1) is 18.3 Å². The Labute approximate surface area is 176 Å². The highest BCUT2D eigenvalue weighted by Gasteiger charge is 2.13. The third-order valence-corrected chi connectivity index (χ3v) is 4.62. The van der Waals surface area contributed by atoms with Crippen molar-refractivity contribution in [1.29, 1.82) is 5.26 Å². The van der Waals surface area contributed by atoms with Crippen LogP contribution in [0.15, 0.2) is 46.4 Å². The number of carbonyl (C=O) groups excluding carboxylic acids is 2. The number of halogens is 1. The van der Waals surface area contributed by atoms with Gasteiger partial charge in [-0.25, -0.2) is 9.59 Å². The first kappa shape index (κ1) is 22.0. The highest BCUT2D eigenvalue weighted by molar-refractivity contribution is 9.10. The van der Waals surface area contributed by atoms with Gasteiger partial charge in [0.2, 0.25) is 0 Å². The van der Waals surface area contributed by atoms with Gasteiger partial charge in [-0.2, -0.15) is 5.26 Å². The smallest absolute Gasteiger partial charge is 0.349 e. The van der Waals surface area contributed by atoms with Crippen molar-refractivity contribution in [2.45, 2.75) is 6.92 Å². The van der Waals surface area contributed by atoms with Crippen molar-refractivity contribution in [3.63, 3.8) is 0 Å². The summed E-state index contributed by atoms with van der Waals surface area (Å²) in [5, 5.41) is 9.04. The summed E-state index contributed by atoms with van der Waals surface area (Å²) in [5.41, 5.74) is 1.31. The molecule has 0 saturated heterocycles. The summed E-state index contributed by atoms with van der Waals surface area (Å²) >= 11 is 3.40. The minimum atomic E-state index is -0.748. The van der Waals surface area contributed by atoms with Crippen LogP contribution in [0.25, 0.3) is 6.08 Å². The van der Waals surface area contributed by atoms with E-state index in [0.717, 1.165) is 10.0 Å². The van der Waals surface area contributed by atoms with Crippen LogP contribution in [0.2, 0.25) is 0 Å². The number of aryl methyl sites for hydroxylation is 1. The Morgan fingerprint density at radius 1 is 1.14 bits per heavy atom. The van der Waals surface area contributed by atoms with Crippen molar-refractivity contribution in [2.75, 3.05) is 20.8 Å². The first-order valence-corrected chi connectivity index (χ1v) is 9.15. The summed E-state index contributed by atoms with van der Waals surface area (Å²) in [6.45, 7) is 1.63. The molecule has 2 rings (SSSR count). The van der Waals surface area contributed by atoms with Gasteiger partial charge in [-0.3, -0.25) is 0 Å². The molecule has 2 aromatic carbocycles. The molecular formula is C21H18BrNO6. The molecule has 0 aromatic heterocycles. The number of methoxy groups -OCH3 is 2. The average molecular weight is 460 g/mol. The molecule has 0 heterocycles. The van der Waals surface area contributed by atoms with Crippen molar-refractivity contribution < 1.29 is 28.5 Å². The van der Waals surface area contributed by atoms with Crippen molar-refractivity contribution in [2.24, 2.45) is 0 Å². The molecule has 150 valence electrons. The number of benzene rings is 2. The summed E-state index contributed by atoms with van der Waals surface area (Å²) < 4.78 is 21.4. The van der Waals surface area contributed by atoms with Crippen LogP contribution in [-0.2, 0) is 14.3 Å². The number of rotatable bonds is 7. The molecular weight excluding hydrogens is 442 g/mol. The zero-order valence-corrected chi connectivity index (χ0v) is 17.6. The minimum absolute atomic E-state index is 0.169. The fourth-order valence-electron chi connectivity index (χ4n) is 2.27. The molecule has 0 aliphatic heterocycles. The van der Waals surface area contributed by atoms with Gasteiger partial charge in [0, 0.05) is 4.47 Å².